The van der Waals surface area contributed by atoms with Gasteiger partial charge in [-0.3, -0.25) is 0 Å². The van der Waals surface area contributed by atoms with Gasteiger partial charge in [0.15, 0.2) is 5.70 Å². The van der Waals surface area contributed by atoms with Crippen LogP contribution in [-0.4, -0.2) is 11.9 Å². The Morgan fingerprint density at radius 2 is 2.47 bits per heavy atom. The summed E-state index contributed by atoms with van der Waals surface area (Å²) in [5.41, 5.74) is 0.980. The molecule has 0 aliphatic carbocycles. The van der Waals surface area contributed by atoms with Crippen LogP contribution in [0.1, 0.15) is 11.8 Å². The normalized spacial score (nSPS) is 17.8. The Balaban J connectivity index is 2.31. The molecule has 1 aliphatic rings. The van der Waals surface area contributed by atoms with Crippen LogP contribution in [0.2, 0.25) is 0 Å². The molecule has 2 rings (SSSR count). The van der Waals surface area contributed by atoms with Crippen molar-refractivity contribution in [3.8, 4) is 0 Å². The quantitative estimate of drug-likeness (QED) is 0.566. The van der Waals surface area contributed by atoms with E-state index in [9.17, 15) is 4.79 Å². The van der Waals surface area contributed by atoms with Crippen molar-refractivity contribution in [3.05, 3.63) is 40.2 Å². The molecule has 3 nitrogen and oxygen atoms in total. The van der Waals surface area contributed by atoms with Crippen LogP contribution in [0.25, 0.3) is 6.08 Å². The number of esters is 1. The number of carbonyl (C=O) groups excluding carboxylic acids is 1. The number of hydrogen-bond acceptors (Lipinski definition) is 4. The van der Waals surface area contributed by atoms with E-state index >= 15 is 0 Å². The number of rotatable bonds is 2. The lowest BCUT2D eigenvalue weighted by Gasteiger charge is -1.93. The molecule has 0 N–H and O–H groups in total. The highest BCUT2D eigenvalue weighted by Crippen LogP contribution is 2.20. The lowest BCUT2D eigenvalue weighted by Crippen LogP contribution is -2.03. The third-order valence-electron chi connectivity index (χ3n) is 1.81. The summed E-state index contributed by atoms with van der Waals surface area (Å²) in [6.07, 6.45) is 1.71. The molecule has 0 spiro atoms. The molecular formula is C11H9NO2S. The number of nitrogens with zero attached hydrogens (tertiary/aromatic N) is 1. The number of ether oxygens (including phenoxy) is 1. The van der Waals surface area contributed by atoms with Gasteiger partial charge >= 0.3 is 5.97 Å². The molecule has 0 amide bonds. The van der Waals surface area contributed by atoms with Gasteiger partial charge in [0.2, 0.25) is 5.90 Å². The fourth-order valence-electron chi connectivity index (χ4n) is 1.10. The number of hydrogen-bond donors (Lipinski definition) is 0. The van der Waals surface area contributed by atoms with Crippen LogP contribution in [-0.2, 0) is 9.53 Å². The van der Waals surface area contributed by atoms with Gasteiger partial charge < -0.3 is 4.74 Å². The molecule has 2 heterocycles. The first-order valence-corrected chi connectivity index (χ1v) is 5.27. The largest absolute Gasteiger partial charge is 0.402 e. The van der Waals surface area contributed by atoms with Crippen molar-refractivity contribution in [2.24, 2.45) is 4.99 Å². The van der Waals surface area contributed by atoms with Crippen LogP contribution in [0.15, 0.2) is 40.4 Å². The van der Waals surface area contributed by atoms with Gasteiger partial charge in [0.1, 0.15) is 0 Å². The number of thiophene rings is 1. The van der Waals surface area contributed by atoms with E-state index in [1.54, 1.807) is 24.3 Å². The lowest BCUT2D eigenvalue weighted by atomic mass is 10.3. The number of cyclic esters (lactones) is 1. The van der Waals surface area contributed by atoms with Gasteiger partial charge in [0, 0.05) is 10.5 Å². The van der Waals surface area contributed by atoms with E-state index in [4.69, 9.17) is 4.74 Å². The lowest BCUT2D eigenvalue weighted by molar-refractivity contribution is -0.129. The average Bonchev–Trinajstić information content (AvgIpc) is 2.77. The monoisotopic (exact) mass is 219 g/mol. The highest BCUT2D eigenvalue weighted by molar-refractivity contribution is 7.10. The molecule has 15 heavy (non-hydrogen) atoms. The summed E-state index contributed by atoms with van der Waals surface area (Å²) in [7, 11) is 0. The van der Waals surface area contributed by atoms with E-state index in [-0.39, 0.29) is 0 Å². The Labute approximate surface area is 91.4 Å². The molecule has 1 aromatic heterocycles. The SMILES string of the molecule is C=C(C)C1=N/C(=C/c2cccs2)C(=O)O1. The maximum atomic E-state index is 11.4. The zero-order chi connectivity index (χ0) is 10.8. The van der Waals surface area contributed by atoms with E-state index in [2.05, 4.69) is 11.6 Å². The first-order chi connectivity index (χ1) is 7.16. The van der Waals surface area contributed by atoms with E-state index in [1.165, 1.54) is 0 Å². The molecule has 0 fully saturated rings. The van der Waals surface area contributed by atoms with Crippen molar-refractivity contribution in [3.63, 3.8) is 0 Å². The van der Waals surface area contributed by atoms with Gasteiger partial charge in [-0.15, -0.1) is 11.3 Å². The van der Waals surface area contributed by atoms with Crippen molar-refractivity contribution < 1.29 is 9.53 Å². The number of carbonyl (C=O) groups is 1. The Morgan fingerprint density at radius 1 is 1.67 bits per heavy atom. The van der Waals surface area contributed by atoms with Crippen LogP contribution in [0.3, 0.4) is 0 Å². The number of aliphatic imine (C=N–C) groups is 1. The minimum atomic E-state index is -0.415. The topological polar surface area (TPSA) is 38.7 Å². The summed E-state index contributed by atoms with van der Waals surface area (Å²) in [6, 6.07) is 3.83. The standard InChI is InChI=1S/C11H9NO2S/c1-7(2)10-12-9(11(13)14-10)6-8-4-3-5-15-8/h3-6H,1H2,2H3/b9-6+. The van der Waals surface area contributed by atoms with Crippen LogP contribution >= 0.6 is 11.3 Å². The first kappa shape index (κ1) is 9.86. The molecule has 76 valence electrons. The molecule has 0 bridgehead atoms. The molecule has 1 aliphatic heterocycles. The predicted octanol–water partition coefficient (Wildman–Crippen LogP) is 2.62. The van der Waals surface area contributed by atoms with Crippen LogP contribution in [0.5, 0.6) is 0 Å². The van der Waals surface area contributed by atoms with Gasteiger partial charge in [-0.05, 0) is 24.4 Å². The summed E-state index contributed by atoms with van der Waals surface area (Å²) in [5.74, 6) is -0.107. The predicted molar refractivity (Wildman–Crippen MR) is 60.6 cm³/mol. The highest BCUT2D eigenvalue weighted by atomic mass is 32.1. The van der Waals surface area contributed by atoms with Gasteiger partial charge in [0.25, 0.3) is 0 Å². The average molecular weight is 219 g/mol. The van der Waals surface area contributed by atoms with E-state index in [0.29, 0.717) is 17.2 Å². The molecule has 0 aromatic carbocycles. The fraction of sp³-hybridized carbons (Fsp3) is 0.0909. The summed E-state index contributed by atoms with van der Waals surface area (Å²) in [4.78, 5) is 16.4. The maximum absolute atomic E-state index is 11.4. The Bertz CT molecular complexity index is 469. The zero-order valence-corrected chi connectivity index (χ0v) is 9.00. The second-order valence-corrected chi connectivity index (χ2v) is 4.11. The van der Waals surface area contributed by atoms with Crippen molar-refractivity contribution in [1.29, 1.82) is 0 Å². The fourth-order valence-corrected chi connectivity index (χ4v) is 1.75. The molecule has 0 unspecified atom stereocenters. The minimum Gasteiger partial charge on any atom is -0.402 e. The molecule has 0 saturated heterocycles. The van der Waals surface area contributed by atoms with Crippen molar-refractivity contribution in [2.75, 3.05) is 0 Å². The zero-order valence-electron chi connectivity index (χ0n) is 8.19. The smallest absolute Gasteiger partial charge is 0.363 e. The maximum Gasteiger partial charge on any atom is 0.363 e. The van der Waals surface area contributed by atoms with Crippen molar-refractivity contribution >= 4 is 29.3 Å². The molecule has 4 heteroatoms. The summed E-state index contributed by atoms with van der Waals surface area (Å²) in [6.45, 7) is 5.42. The van der Waals surface area contributed by atoms with Crippen LogP contribution < -0.4 is 0 Å². The third kappa shape index (κ3) is 2.05. The molecule has 1 aromatic rings. The van der Waals surface area contributed by atoms with E-state index in [1.807, 2.05) is 17.5 Å². The van der Waals surface area contributed by atoms with Gasteiger partial charge in [-0.25, -0.2) is 9.79 Å². The Kier molecular flexibility index (Phi) is 2.51. The Hall–Kier alpha value is -1.68. The van der Waals surface area contributed by atoms with Gasteiger partial charge in [-0.1, -0.05) is 12.6 Å². The van der Waals surface area contributed by atoms with E-state index < -0.39 is 5.97 Å². The molecular weight excluding hydrogens is 210 g/mol. The molecule has 0 saturated carbocycles. The van der Waals surface area contributed by atoms with Gasteiger partial charge in [-0.2, -0.15) is 0 Å². The van der Waals surface area contributed by atoms with Crippen molar-refractivity contribution in [2.45, 2.75) is 6.92 Å². The molecule has 0 atom stereocenters. The summed E-state index contributed by atoms with van der Waals surface area (Å²) in [5, 5.41) is 1.94. The van der Waals surface area contributed by atoms with Crippen molar-refractivity contribution in [1.82, 2.24) is 0 Å². The summed E-state index contributed by atoms with van der Waals surface area (Å²) < 4.78 is 4.93. The van der Waals surface area contributed by atoms with Crippen LogP contribution in [0, 0.1) is 0 Å². The summed E-state index contributed by atoms with van der Waals surface area (Å²) >= 11 is 1.55. The third-order valence-corrected chi connectivity index (χ3v) is 2.63. The van der Waals surface area contributed by atoms with Gasteiger partial charge in [0.05, 0.1) is 0 Å². The van der Waals surface area contributed by atoms with Crippen LogP contribution in [0.4, 0.5) is 0 Å². The minimum absolute atomic E-state index is 0.308. The Morgan fingerprint density at radius 3 is 3.00 bits per heavy atom. The van der Waals surface area contributed by atoms with E-state index in [0.717, 1.165) is 4.88 Å². The highest BCUT2D eigenvalue weighted by Gasteiger charge is 2.23. The second kappa shape index (κ2) is 3.82. The molecule has 0 radical (unpaired) electrons. The first-order valence-electron chi connectivity index (χ1n) is 4.39. The second-order valence-electron chi connectivity index (χ2n) is 3.13.